The Kier molecular flexibility index (Phi) is 5.27. The van der Waals surface area contributed by atoms with Crippen molar-refractivity contribution in [3.05, 3.63) is 59.4 Å². The zero-order valence-corrected chi connectivity index (χ0v) is 15.4. The second-order valence-electron chi connectivity index (χ2n) is 5.93. The molecule has 7 heteroatoms. The molecule has 26 heavy (non-hydrogen) atoms. The number of nitrogens with zero attached hydrogens (tertiary/aromatic N) is 2. The standard InChI is InChI=1S/C19H18FN3O2S/c1-11-4-9-16(10-12(11)2)25-13(3)18(24)22-19-21-17(23-26-19)14-5-7-15(20)8-6-14/h4-10,13H,1-3H3,(H,21,22,23,24)/t13-/m1/s1. The maximum absolute atomic E-state index is 13.0. The monoisotopic (exact) mass is 371 g/mol. The highest BCUT2D eigenvalue weighted by Crippen LogP contribution is 2.22. The van der Waals surface area contributed by atoms with E-state index in [0.717, 1.165) is 22.7 Å². The molecule has 1 heterocycles. The van der Waals surface area contributed by atoms with Gasteiger partial charge in [-0.1, -0.05) is 6.07 Å². The first-order valence-corrected chi connectivity index (χ1v) is 8.84. The molecule has 0 spiro atoms. The van der Waals surface area contributed by atoms with Crippen LogP contribution in [-0.2, 0) is 4.79 Å². The van der Waals surface area contributed by atoms with Crippen LogP contribution >= 0.6 is 11.5 Å². The SMILES string of the molecule is Cc1ccc(O[C@H](C)C(=O)Nc2nc(-c3ccc(F)cc3)ns2)cc1C. The summed E-state index contributed by atoms with van der Waals surface area (Å²) in [4.78, 5) is 16.6. The molecule has 5 nitrogen and oxygen atoms in total. The molecule has 2 aromatic carbocycles. The summed E-state index contributed by atoms with van der Waals surface area (Å²) in [7, 11) is 0. The molecule has 0 aliphatic carbocycles. The highest BCUT2D eigenvalue weighted by atomic mass is 32.1. The number of amides is 1. The summed E-state index contributed by atoms with van der Waals surface area (Å²) in [6.45, 7) is 5.68. The highest BCUT2D eigenvalue weighted by Gasteiger charge is 2.17. The molecular formula is C19H18FN3O2S. The molecule has 1 atom stereocenters. The van der Waals surface area contributed by atoms with Crippen LogP contribution in [-0.4, -0.2) is 21.4 Å². The predicted octanol–water partition coefficient (Wildman–Crippen LogP) is 4.37. The van der Waals surface area contributed by atoms with Crippen LogP contribution in [0.4, 0.5) is 9.52 Å². The van der Waals surface area contributed by atoms with Crippen molar-refractivity contribution in [2.24, 2.45) is 0 Å². The van der Waals surface area contributed by atoms with Gasteiger partial charge in [-0.15, -0.1) is 0 Å². The van der Waals surface area contributed by atoms with E-state index in [1.54, 1.807) is 19.1 Å². The number of anilines is 1. The Morgan fingerprint density at radius 3 is 2.58 bits per heavy atom. The lowest BCUT2D eigenvalue weighted by Gasteiger charge is -2.14. The van der Waals surface area contributed by atoms with Crippen LogP contribution in [0.1, 0.15) is 18.1 Å². The number of hydrogen-bond donors (Lipinski definition) is 1. The van der Waals surface area contributed by atoms with Gasteiger partial charge in [-0.25, -0.2) is 4.39 Å². The van der Waals surface area contributed by atoms with E-state index in [1.807, 2.05) is 32.0 Å². The molecule has 3 aromatic rings. The summed E-state index contributed by atoms with van der Waals surface area (Å²) in [5.41, 5.74) is 2.95. The molecule has 134 valence electrons. The van der Waals surface area contributed by atoms with Crippen molar-refractivity contribution >= 4 is 22.6 Å². The van der Waals surface area contributed by atoms with E-state index in [-0.39, 0.29) is 11.7 Å². The molecule has 0 saturated heterocycles. The summed E-state index contributed by atoms with van der Waals surface area (Å²) < 4.78 is 22.9. The van der Waals surface area contributed by atoms with Gasteiger partial charge in [-0.2, -0.15) is 9.36 Å². The normalized spacial score (nSPS) is 11.8. The number of carbonyl (C=O) groups excluding carboxylic acids is 1. The molecule has 3 rings (SSSR count). The third-order valence-electron chi connectivity index (χ3n) is 3.92. The maximum atomic E-state index is 13.0. The fourth-order valence-corrected chi connectivity index (χ4v) is 2.84. The van der Waals surface area contributed by atoms with Gasteiger partial charge in [0.15, 0.2) is 11.9 Å². The molecule has 0 aliphatic heterocycles. The van der Waals surface area contributed by atoms with Crippen molar-refractivity contribution in [2.45, 2.75) is 26.9 Å². The summed E-state index contributed by atoms with van der Waals surface area (Å²) >= 11 is 1.06. The number of rotatable bonds is 5. The molecule has 0 bridgehead atoms. The van der Waals surface area contributed by atoms with E-state index >= 15 is 0 Å². The minimum atomic E-state index is -0.685. The Hall–Kier alpha value is -2.80. The lowest BCUT2D eigenvalue weighted by atomic mass is 10.1. The summed E-state index contributed by atoms with van der Waals surface area (Å²) in [5, 5.41) is 3.06. The number of nitrogens with one attached hydrogen (secondary N) is 1. The van der Waals surface area contributed by atoms with E-state index in [1.165, 1.54) is 12.1 Å². The molecule has 0 radical (unpaired) electrons. The van der Waals surface area contributed by atoms with Gasteiger partial charge in [0.2, 0.25) is 5.13 Å². The number of aryl methyl sites for hydroxylation is 2. The average Bonchev–Trinajstić information content (AvgIpc) is 3.07. The number of benzene rings is 2. The van der Waals surface area contributed by atoms with Crippen LogP contribution in [0.25, 0.3) is 11.4 Å². The molecule has 0 fully saturated rings. The van der Waals surface area contributed by atoms with Gasteiger partial charge in [0.05, 0.1) is 0 Å². The zero-order valence-electron chi connectivity index (χ0n) is 14.6. The fourth-order valence-electron chi connectivity index (χ4n) is 2.24. The molecular weight excluding hydrogens is 353 g/mol. The molecule has 1 amide bonds. The molecule has 1 aromatic heterocycles. The second-order valence-corrected chi connectivity index (χ2v) is 6.68. The minimum Gasteiger partial charge on any atom is -0.481 e. The Balaban J connectivity index is 1.64. The first-order valence-electron chi connectivity index (χ1n) is 8.07. The van der Waals surface area contributed by atoms with Crippen molar-refractivity contribution in [3.63, 3.8) is 0 Å². The van der Waals surface area contributed by atoms with Crippen molar-refractivity contribution in [2.75, 3.05) is 5.32 Å². The predicted molar refractivity (Wildman–Crippen MR) is 99.9 cm³/mol. The van der Waals surface area contributed by atoms with E-state index in [0.29, 0.717) is 22.3 Å². The Morgan fingerprint density at radius 1 is 1.15 bits per heavy atom. The quantitative estimate of drug-likeness (QED) is 0.723. The van der Waals surface area contributed by atoms with Gasteiger partial charge in [-0.3, -0.25) is 10.1 Å². The van der Waals surface area contributed by atoms with E-state index in [4.69, 9.17) is 4.74 Å². The van der Waals surface area contributed by atoms with Crippen LogP contribution < -0.4 is 10.1 Å². The van der Waals surface area contributed by atoms with Crippen molar-refractivity contribution in [1.82, 2.24) is 9.36 Å². The summed E-state index contributed by atoms with van der Waals surface area (Å²) in [5.74, 6) is 0.438. The lowest BCUT2D eigenvalue weighted by molar-refractivity contribution is -0.122. The summed E-state index contributed by atoms with van der Waals surface area (Å²) in [6, 6.07) is 11.6. The lowest BCUT2D eigenvalue weighted by Crippen LogP contribution is -2.30. The van der Waals surface area contributed by atoms with Crippen LogP contribution in [0.2, 0.25) is 0 Å². The minimum absolute atomic E-state index is 0.315. The second kappa shape index (κ2) is 7.61. The number of carbonyl (C=O) groups is 1. The van der Waals surface area contributed by atoms with Crippen molar-refractivity contribution < 1.29 is 13.9 Å². The van der Waals surface area contributed by atoms with Gasteiger partial charge >= 0.3 is 0 Å². The molecule has 0 unspecified atom stereocenters. The summed E-state index contributed by atoms with van der Waals surface area (Å²) in [6.07, 6.45) is -0.685. The first kappa shape index (κ1) is 18.0. The largest absolute Gasteiger partial charge is 0.481 e. The van der Waals surface area contributed by atoms with Gasteiger partial charge < -0.3 is 4.74 Å². The van der Waals surface area contributed by atoms with E-state index in [2.05, 4.69) is 14.7 Å². The van der Waals surface area contributed by atoms with Crippen molar-refractivity contribution in [1.29, 1.82) is 0 Å². The van der Waals surface area contributed by atoms with Crippen LogP contribution in [0, 0.1) is 19.7 Å². The number of aromatic nitrogens is 2. The van der Waals surface area contributed by atoms with Gasteiger partial charge in [-0.05, 0) is 68.3 Å². The first-order chi connectivity index (χ1) is 12.4. The Labute approximate surface area is 155 Å². The van der Waals surface area contributed by atoms with Gasteiger partial charge in [0.25, 0.3) is 5.91 Å². The van der Waals surface area contributed by atoms with E-state index in [9.17, 15) is 9.18 Å². The van der Waals surface area contributed by atoms with Crippen molar-refractivity contribution in [3.8, 4) is 17.1 Å². The zero-order chi connectivity index (χ0) is 18.7. The maximum Gasteiger partial charge on any atom is 0.266 e. The Bertz CT molecular complexity index is 925. The van der Waals surface area contributed by atoms with Crippen LogP contribution in [0.5, 0.6) is 5.75 Å². The van der Waals surface area contributed by atoms with E-state index < -0.39 is 6.10 Å². The molecule has 1 N–H and O–H groups in total. The fraction of sp³-hybridized carbons (Fsp3) is 0.211. The van der Waals surface area contributed by atoms with Gasteiger partial charge in [0.1, 0.15) is 11.6 Å². The van der Waals surface area contributed by atoms with Crippen LogP contribution in [0.3, 0.4) is 0 Å². The average molecular weight is 371 g/mol. The molecule has 0 saturated carbocycles. The third-order valence-corrected chi connectivity index (χ3v) is 4.55. The number of hydrogen-bond acceptors (Lipinski definition) is 5. The Morgan fingerprint density at radius 2 is 1.88 bits per heavy atom. The number of halogens is 1. The third kappa shape index (κ3) is 4.23. The number of ether oxygens (including phenoxy) is 1. The smallest absolute Gasteiger partial charge is 0.266 e. The van der Waals surface area contributed by atoms with Crippen LogP contribution in [0.15, 0.2) is 42.5 Å². The highest BCUT2D eigenvalue weighted by molar-refractivity contribution is 7.10. The topological polar surface area (TPSA) is 64.1 Å². The van der Waals surface area contributed by atoms with Gasteiger partial charge in [0, 0.05) is 17.1 Å². The molecule has 0 aliphatic rings.